The van der Waals surface area contributed by atoms with Gasteiger partial charge in [-0.25, -0.2) is 4.98 Å². The average molecular weight is 469 g/mol. The molecule has 7 heteroatoms. The number of pyridine rings is 1. The minimum atomic E-state index is -0.196. The van der Waals surface area contributed by atoms with Crippen molar-refractivity contribution in [2.24, 2.45) is 0 Å². The summed E-state index contributed by atoms with van der Waals surface area (Å²) < 4.78 is 7.85. The van der Waals surface area contributed by atoms with Crippen LogP contribution in [0.1, 0.15) is 46.4 Å². The Bertz CT molecular complexity index is 1360. The summed E-state index contributed by atoms with van der Waals surface area (Å²) >= 11 is 0. The summed E-state index contributed by atoms with van der Waals surface area (Å²) in [5, 5.41) is 2.95. The van der Waals surface area contributed by atoms with Gasteiger partial charge in [0.05, 0.1) is 5.69 Å². The molecule has 0 atom stereocenters. The van der Waals surface area contributed by atoms with Crippen LogP contribution >= 0.6 is 0 Å². The number of hydrogen-bond acceptors (Lipinski definition) is 4. The van der Waals surface area contributed by atoms with Crippen molar-refractivity contribution in [3.63, 3.8) is 0 Å². The van der Waals surface area contributed by atoms with E-state index in [4.69, 9.17) is 4.74 Å². The molecule has 2 amide bonds. The molecule has 2 aromatic carbocycles. The molecule has 7 nitrogen and oxygen atoms in total. The molecule has 0 unspecified atom stereocenters. The number of aromatic nitrogens is 2. The Balaban J connectivity index is 1.17. The van der Waals surface area contributed by atoms with Crippen LogP contribution in [0, 0.1) is 6.92 Å². The summed E-state index contributed by atoms with van der Waals surface area (Å²) in [6.07, 6.45) is 6.62. The van der Waals surface area contributed by atoms with Gasteiger partial charge in [0.25, 0.3) is 5.91 Å². The van der Waals surface area contributed by atoms with Gasteiger partial charge in [0, 0.05) is 43.2 Å². The number of fused-ring (bicyclic) bond motifs is 1. The molecule has 178 valence electrons. The quantitative estimate of drug-likeness (QED) is 0.415. The highest BCUT2D eigenvalue weighted by Crippen LogP contribution is 2.19. The second-order valence-corrected chi connectivity index (χ2v) is 8.94. The summed E-state index contributed by atoms with van der Waals surface area (Å²) in [4.78, 5) is 31.3. The molecule has 1 saturated heterocycles. The van der Waals surface area contributed by atoms with Crippen molar-refractivity contribution in [2.45, 2.75) is 39.3 Å². The molecule has 0 aliphatic carbocycles. The second-order valence-electron chi connectivity index (χ2n) is 8.94. The van der Waals surface area contributed by atoms with E-state index < -0.39 is 0 Å². The molecule has 1 fully saturated rings. The number of rotatable bonds is 7. The van der Waals surface area contributed by atoms with Crippen molar-refractivity contribution >= 4 is 23.1 Å². The highest BCUT2D eigenvalue weighted by Gasteiger charge is 2.18. The lowest BCUT2D eigenvalue weighted by molar-refractivity contribution is -0.133. The van der Waals surface area contributed by atoms with Gasteiger partial charge in [-0.15, -0.1) is 0 Å². The molecule has 0 bridgehead atoms. The number of nitrogens with zero attached hydrogens (tertiary/aromatic N) is 3. The number of amides is 2. The normalized spacial score (nSPS) is 13.7. The summed E-state index contributed by atoms with van der Waals surface area (Å²) in [6.45, 7) is 3.75. The number of likely N-dealkylation sites (tertiary alicyclic amines) is 1. The zero-order chi connectivity index (χ0) is 24.2. The Hall–Kier alpha value is -4.13. The molecular formula is C28H28N4O3. The number of piperidine rings is 1. The molecule has 0 radical (unpaired) electrons. The predicted molar refractivity (Wildman–Crippen MR) is 134 cm³/mol. The first-order chi connectivity index (χ1) is 17.0. The molecule has 1 N–H and O–H groups in total. The van der Waals surface area contributed by atoms with E-state index in [1.54, 1.807) is 24.3 Å². The lowest BCUT2D eigenvalue weighted by Gasteiger charge is -2.26. The summed E-state index contributed by atoms with van der Waals surface area (Å²) in [5.74, 6) is 0.672. The fourth-order valence-corrected chi connectivity index (χ4v) is 4.28. The number of carbonyl (C=O) groups excluding carboxylic acids is 2. The zero-order valence-electron chi connectivity index (χ0n) is 19.7. The Kier molecular flexibility index (Phi) is 6.48. The van der Waals surface area contributed by atoms with Gasteiger partial charge in [0.1, 0.15) is 18.0 Å². The minimum absolute atomic E-state index is 0.196. The number of nitrogens with one attached hydrogen (secondary N) is 1. The summed E-state index contributed by atoms with van der Waals surface area (Å²) in [7, 11) is 0. The van der Waals surface area contributed by atoms with E-state index in [0.717, 1.165) is 36.3 Å². The van der Waals surface area contributed by atoms with Crippen LogP contribution in [-0.2, 0) is 17.9 Å². The maximum absolute atomic E-state index is 12.8. The molecule has 1 aliphatic rings. The molecule has 5 rings (SSSR count). The average Bonchev–Trinajstić information content (AvgIpc) is 3.27. The molecule has 0 saturated carbocycles. The maximum atomic E-state index is 12.8. The lowest BCUT2D eigenvalue weighted by atomic mass is 10.1. The van der Waals surface area contributed by atoms with E-state index >= 15 is 0 Å². The van der Waals surface area contributed by atoms with E-state index in [0.29, 0.717) is 36.6 Å². The molecule has 4 aromatic rings. The van der Waals surface area contributed by atoms with E-state index in [1.807, 2.05) is 65.0 Å². The van der Waals surface area contributed by atoms with E-state index in [2.05, 4.69) is 10.3 Å². The van der Waals surface area contributed by atoms with Gasteiger partial charge in [-0.05, 0) is 73.4 Å². The van der Waals surface area contributed by atoms with Crippen LogP contribution in [0.25, 0.3) is 5.65 Å². The standard InChI is InChI=1S/C28H28N4O3/c1-20-8-13-26-29-24(18-32(26)16-20)19-35-25-11-9-22(10-12-25)28(34)30-23-6-4-5-21(15-23)17-31-14-3-2-7-27(31)33/h4-6,8-13,15-16,18H,2-3,7,14,17,19H2,1H3,(H,30,34). The Morgan fingerprint density at radius 3 is 2.74 bits per heavy atom. The first-order valence-corrected chi connectivity index (χ1v) is 11.9. The van der Waals surface area contributed by atoms with E-state index in [-0.39, 0.29) is 11.8 Å². The molecule has 2 aromatic heterocycles. The monoisotopic (exact) mass is 468 g/mol. The third kappa shape index (κ3) is 5.51. The van der Waals surface area contributed by atoms with Gasteiger partial charge in [-0.3, -0.25) is 9.59 Å². The Morgan fingerprint density at radius 2 is 1.91 bits per heavy atom. The number of hydrogen-bond donors (Lipinski definition) is 1. The van der Waals surface area contributed by atoms with Crippen molar-refractivity contribution in [1.29, 1.82) is 0 Å². The fraction of sp³-hybridized carbons (Fsp3) is 0.250. The SMILES string of the molecule is Cc1ccc2nc(COc3ccc(C(=O)Nc4cccc(CN5CCCCC5=O)c4)cc3)cn2c1. The Labute approximate surface area is 204 Å². The number of benzene rings is 2. The first-order valence-electron chi connectivity index (χ1n) is 11.9. The number of anilines is 1. The van der Waals surface area contributed by atoms with Crippen molar-refractivity contribution in [3.8, 4) is 5.75 Å². The minimum Gasteiger partial charge on any atom is -0.487 e. The smallest absolute Gasteiger partial charge is 0.255 e. The highest BCUT2D eigenvalue weighted by atomic mass is 16.5. The van der Waals surface area contributed by atoms with Crippen LogP contribution in [0.15, 0.2) is 73.1 Å². The number of ether oxygens (including phenoxy) is 1. The van der Waals surface area contributed by atoms with Gasteiger partial charge in [-0.2, -0.15) is 0 Å². The number of imidazole rings is 1. The van der Waals surface area contributed by atoms with Gasteiger partial charge in [-0.1, -0.05) is 18.2 Å². The highest BCUT2D eigenvalue weighted by molar-refractivity contribution is 6.04. The largest absolute Gasteiger partial charge is 0.487 e. The number of carbonyl (C=O) groups is 2. The van der Waals surface area contributed by atoms with Crippen LogP contribution in [0.3, 0.4) is 0 Å². The maximum Gasteiger partial charge on any atom is 0.255 e. The van der Waals surface area contributed by atoms with Crippen molar-refractivity contribution < 1.29 is 14.3 Å². The lowest BCUT2D eigenvalue weighted by Crippen LogP contribution is -2.34. The number of aryl methyl sites for hydroxylation is 1. The molecule has 35 heavy (non-hydrogen) atoms. The molecular weight excluding hydrogens is 440 g/mol. The third-order valence-electron chi connectivity index (χ3n) is 6.13. The van der Waals surface area contributed by atoms with Gasteiger partial charge < -0.3 is 19.4 Å². The van der Waals surface area contributed by atoms with E-state index in [1.165, 1.54) is 5.56 Å². The molecule has 3 heterocycles. The van der Waals surface area contributed by atoms with Crippen molar-refractivity contribution in [3.05, 3.63) is 95.4 Å². The van der Waals surface area contributed by atoms with Crippen molar-refractivity contribution in [1.82, 2.24) is 14.3 Å². The van der Waals surface area contributed by atoms with Crippen LogP contribution in [-0.4, -0.2) is 32.6 Å². The first kappa shape index (κ1) is 22.7. The van der Waals surface area contributed by atoms with Crippen LogP contribution in [0.2, 0.25) is 0 Å². The van der Waals surface area contributed by atoms with Gasteiger partial charge in [0.2, 0.25) is 5.91 Å². The fourth-order valence-electron chi connectivity index (χ4n) is 4.28. The molecule has 1 aliphatic heterocycles. The van der Waals surface area contributed by atoms with Crippen LogP contribution in [0.5, 0.6) is 5.75 Å². The van der Waals surface area contributed by atoms with Gasteiger partial charge in [0.15, 0.2) is 0 Å². The van der Waals surface area contributed by atoms with Gasteiger partial charge >= 0.3 is 0 Å². The van der Waals surface area contributed by atoms with Crippen LogP contribution < -0.4 is 10.1 Å². The second kappa shape index (κ2) is 10.0. The Morgan fingerprint density at radius 1 is 1.06 bits per heavy atom. The zero-order valence-corrected chi connectivity index (χ0v) is 19.7. The van der Waals surface area contributed by atoms with Crippen molar-refractivity contribution in [2.75, 3.05) is 11.9 Å². The summed E-state index contributed by atoms with van der Waals surface area (Å²) in [5.41, 5.74) is 5.14. The third-order valence-corrected chi connectivity index (χ3v) is 6.13. The topological polar surface area (TPSA) is 75.9 Å². The summed E-state index contributed by atoms with van der Waals surface area (Å²) in [6, 6.07) is 18.7. The predicted octanol–water partition coefficient (Wildman–Crippen LogP) is 4.99. The molecule has 0 spiro atoms. The van der Waals surface area contributed by atoms with E-state index in [9.17, 15) is 9.59 Å². The van der Waals surface area contributed by atoms with Crippen LogP contribution in [0.4, 0.5) is 5.69 Å².